The Morgan fingerprint density at radius 3 is 2.68 bits per heavy atom. The fraction of sp³-hybridized carbons (Fsp3) is 0.786. The molecule has 0 saturated carbocycles. The van der Waals surface area contributed by atoms with Gasteiger partial charge in [-0.1, -0.05) is 0 Å². The van der Waals surface area contributed by atoms with Gasteiger partial charge in [0, 0.05) is 37.2 Å². The van der Waals surface area contributed by atoms with Crippen molar-refractivity contribution in [3.05, 3.63) is 11.1 Å². The first-order chi connectivity index (χ1) is 8.96. The van der Waals surface area contributed by atoms with Crippen LogP contribution in [0, 0.1) is 0 Å². The van der Waals surface area contributed by atoms with Gasteiger partial charge < -0.3 is 15.0 Å². The molecule has 1 rings (SSSR count). The molecule has 0 aromatic carbocycles. The Morgan fingerprint density at radius 1 is 1.37 bits per heavy atom. The molecule has 0 amide bonds. The standard InChI is InChI=1S/C14H27N3OS/c1-6-17(8-9-18-7-2)13-16-12(11-19-13)10-15-14(3,4)5/h11,15H,6-10H2,1-5H3. The highest BCUT2D eigenvalue weighted by molar-refractivity contribution is 7.13. The molecule has 0 aliphatic rings. The summed E-state index contributed by atoms with van der Waals surface area (Å²) in [5.74, 6) is 0. The van der Waals surface area contributed by atoms with Crippen LogP contribution in [0.2, 0.25) is 0 Å². The molecule has 4 nitrogen and oxygen atoms in total. The largest absolute Gasteiger partial charge is 0.380 e. The third kappa shape index (κ3) is 6.36. The maximum absolute atomic E-state index is 5.41. The lowest BCUT2D eigenvalue weighted by Crippen LogP contribution is -2.35. The quantitative estimate of drug-likeness (QED) is 0.745. The van der Waals surface area contributed by atoms with Crippen molar-refractivity contribution in [2.75, 3.05) is 31.2 Å². The lowest BCUT2D eigenvalue weighted by Gasteiger charge is -2.20. The topological polar surface area (TPSA) is 37.4 Å². The Kier molecular flexibility index (Phi) is 6.75. The zero-order valence-corrected chi connectivity index (χ0v) is 13.6. The van der Waals surface area contributed by atoms with Gasteiger partial charge in [-0.25, -0.2) is 4.98 Å². The third-order valence-electron chi connectivity index (χ3n) is 2.70. The minimum Gasteiger partial charge on any atom is -0.380 e. The van der Waals surface area contributed by atoms with Crippen molar-refractivity contribution in [3.63, 3.8) is 0 Å². The molecule has 1 aromatic rings. The average molecular weight is 285 g/mol. The monoisotopic (exact) mass is 285 g/mol. The van der Waals surface area contributed by atoms with Crippen LogP contribution in [0.1, 0.15) is 40.3 Å². The molecule has 5 heteroatoms. The van der Waals surface area contributed by atoms with Crippen LogP contribution in [0.4, 0.5) is 5.13 Å². The minimum atomic E-state index is 0.128. The van der Waals surface area contributed by atoms with Gasteiger partial charge in [0.1, 0.15) is 0 Å². The summed E-state index contributed by atoms with van der Waals surface area (Å²) in [6.45, 7) is 14.9. The van der Waals surface area contributed by atoms with Crippen LogP contribution in [0.15, 0.2) is 5.38 Å². The van der Waals surface area contributed by atoms with E-state index >= 15 is 0 Å². The lowest BCUT2D eigenvalue weighted by atomic mass is 10.1. The summed E-state index contributed by atoms with van der Waals surface area (Å²) in [6.07, 6.45) is 0. The van der Waals surface area contributed by atoms with Crippen molar-refractivity contribution in [3.8, 4) is 0 Å². The van der Waals surface area contributed by atoms with Gasteiger partial charge >= 0.3 is 0 Å². The number of nitrogens with zero attached hydrogens (tertiary/aromatic N) is 2. The fourth-order valence-electron chi connectivity index (χ4n) is 1.59. The van der Waals surface area contributed by atoms with Crippen LogP contribution < -0.4 is 10.2 Å². The van der Waals surface area contributed by atoms with E-state index in [1.165, 1.54) is 0 Å². The summed E-state index contributed by atoms with van der Waals surface area (Å²) in [6, 6.07) is 0. The second kappa shape index (κ2) is 7.82. The van der Waals surface area contributed by atoms with Crippen LogP contribution in [0.3, 0.4) is 0 Å². The Balaban J connectivity index is 2.51. The van der Waals surface area contributed by atoms with Crippen LogP contribution in [0.5, 0.6) is 0 Å². The number of likely N-dealkylation sites (N-methyl/N-ethyl adjacent to an activating group) is 1. The summed E-state index contributed by atoms with van der Waals surface area (Å²) >= 11 is 1.71. The lowest BCUT2D eigenvalue weighted by molar-refractivity contribution is 0.154. The molecule has 1 N–H and O–H groups in total. The number of anilines is 1. The predicted octanol–water partition coefficient (Wildman–Crippen LogP) is 2.89. The number of hydrogen-bond acceptors (Lipinski definition) is 5. The molecule has 0 spiro atoms. The SMILES string of the molecule is CCOCCN(CC)c1nc(CNC(C)(C)C)cs1. The van der Waals surface area contributed by atoms with Gasteiger partial charge in [0.05, 0.1) is 12.3 Å². The number of aromatic nitrogens is 1. The summed E-state index contributed by atoms with van der Waals surface area (Å²) in [4.78, 5) is 6.95. The molecule has 19 heavy (non-hydrogen) atoms. The van der Waals surface area contributed by atoms with Crippen molar-refractivity contribution in [1.82, 2.24) is 10.3 Å². The minimum absolute atomic E-state index is 0.128. The van der Waals surface area contributed by atoms with E-state index in [4.69, 9.17) is 4.74 Å². The fourth-order valence-corrected chi connectivity index (χ4v) is 2.50. The molecule has 0 aliphatic carbocycles. The average Bonchev–Trinajstić information content (AvgIpc) is 2.80. The highest BCUT2D eigenvalue weighted by atomic mass is 32.1. The normalized spacial score (nSPS) is 11.8. The molecular formula is C14H27N3OS. The molecule has 110 valence electrons. The first-order valence-electron chi connectivity index (χ1n) is 6.98. The van der Waals surface area contributed by atoms with E-state index in [2.05, 4.69) is 48.3 Å². The zero-order chi connectivity index (χ0) is 14.3. The van der Waals surface area contributed by atoms with Crippen molar-refractivity contribution in [2.45, 2.75) is 46.7 Å². The van der Waals surface area contributed by atoms with Crippen LogP contribution in [0.25, 0.3) is 0 Å². The Bertz CT molecular complexity index is 360. The highest BCUT2D eigenvalue weighted by Crippen LogP contribution is 2.20. The van der Waals surface area contributed by atoms with E-state index in [0.717, 1.165) is 43.7 Å². The Labute approximate surface area is 121 Å². The van der Waals surface area contributed by atoms with Gasteiger partial charge in [0.15, 0.2) is 5.13 Å². The number of hydrogen-bond donors (Lipinski definition) is 1. The van der Waals surface area contributed by atoms with Crippen molar-refractivity contribution in [2.24, 2.45) is 0 Å². The molecule has 0 atom stereocenters. The third-order valence-corrected chi connectivity index (χ3v) is 3.65. The van der Waals surface area contributed by atoms with Gasteiger partial charge in [0.25, 0.3) is 0 Å². The van der Waals surface area contributed by atoms with Gasteiger partial charge in [-0.05, 0) is 34.6 Å². The summed E-state index contributed by atoms with van der Waals surface area (Å²) in [5, 5.41) is 6.69. The van der Waals surface area contributed by atoms with Crippen LogP contribution >= 0.6 is 11.3 Å². The first-order valence-corrected chi connectivity index (χ1v) is 7.86. The molecular weight excluding hydrogens is 258 g/mol. The van der Waals surface area contributed by atoms with Crippen molar-refractivity contribution < 1.29 is 4.74 Å². The molecule has 0 aliphatic heterocycles. The van der Waals surface area contributed by atoms with E-state index in [0.29, 0.717) is 0 Å². The van der Waals surface area contributed by atoms with E-state index < -0.39 is 0 Å². The van der Waals surface area contributed by atoms with E-state index in [9.17, 15) is 0 Å². The molecule has 1 aromatic heterocycles. The van der Waals surface area contributed by atoms with Crippen LogP contribution in [-0.2, 0) is 11.3 Å². The molecule has 0 fully saturated rings. The summed E-state index contributed by atoms with van der Waals surface area (Å²) < 4.78 is 5.41. The van der Waals surface area contributed by atoms with Gasteiger partial charge in [0.2, 0.25) is 0 Å². The molecule has 0 radical (unpaired) electrons. The number of ether oxygens (including phenoxy) is 1. The summed E-state index contributed by atoms with van der Waals surface area (Å²) in [5.41, 5.74) is 1.24. The van der Waals surface area contributed by atoms with Crippen LogP contribution in [-0.4, -0.2) is 36.8 Å². The Morgan fingerprint density at radius 2 is 2.11 bits per heavy atom. The van der Waals surface area contributed by atoms with E-state index in [1.54, 1.807) is 11.3 Å². The second-order valence-corrected chi connectivity index (χ2v) is 6.34. The van der Waals surface area contributed by atoms with Gasteiger partial charge in [-0.3, -0.25) is 0 Å². The summed E-state index contributed by atoms with van der Waals surface area (Å²) in [7, 11) is 0. The van der Waals surface area contributed by atoms with E-state index in [-0.39, 0.29) is 5.54 Å². The molecule has 0 bridgehead atoms. The van der Waals surface area contributed by atoms with E-state index in [1.807, 2.05) is 6.92 Å². The zero-order valence-electron chi connectivity index (χ0n) is 12.8. The number of rotatable bonds is 8. The second-order valence-electron chi connectivity index (χ2n) is 5.50. The first kappa shape index (κ1) is 16.4. The maximum atomic E-state index is 5.41. The molecule has 0 unspecified atom stereocenters. The molecule has 0 saturated heterocycles. The van der Waals surface area contributed by atoms with Crippen molar-refractivity contribution >= 4 is 16.5 Å². The Hall–Kier alpha value is -0.650. The number of nitrogens with one attached hydrogen (secondary N) is 1. The van der Waals surface area contributed by atoms with Gasteiger partial charge in [-0.2, -0.15) is 0 Å². The smallest absolute Gasteiger partial charge is 0.185 e. The highest BCUT2D eigenvalue weighted by Gasteiger charge is 2.12. The predicted molar refractivity (Wildman–Crippen MR) is 83.1 cm³/mol. The number of thiazole rings is 1. The van der Waals surface area contributed by atoms with Gasteiger partial charge in [-0.15, -0.1) is 11.3 Å². The molecule has 1 heterocycles. The maximum Gasteiger partial charge on any atom is 0.185 e. The van der Waals surface area contributed by atoms with Crippen molar-refractivity contribution in [1.29, 1.82) is 0 Å².